The Bertz CT molecular complexity index is 1860. The maximum absolute atomic E-state index is 13.7. The molecule has 2 atom stereocenters. The van der Waals surface area contributed by atoms with Gasteiger partial charge in [-0.2, -0.15) is 13.2 Å². The zero-order valence-corrected chi connectivity index (χ0v) is 31.2. The van der Waals surface area contributed by atoms with Crippen LogP contribution in [0.15, 0.2) is 29.6 Å². The van der Waals surface area contributed by atoms with Gasteiger partial charge in [0, 0.05) is 56.3 Å². The largest absolute Gasteiger partial charge is 0.477 e. The van der Waals surface area contributed by atoms with Crippen molar-refractivity contribution in [3.05, 3.63) is 45.9 Å². The Morgan fingerprint density at radius 1 is 1.17 bits per heavy atom. The van der Waals surface area contributed by atoms with E-state index in [1.165, 1.54) is 23.4 Å². The lowest BCUT2D eigenvalue weighted by molar-refractivity contribution is -0.393. The number of fused-ring (bicyclic) bond motifs is 1. The summed E-state index contributed by atoms with van der Waals surface area (Å²) in [6.45, 7) is 7.97. The molecule has 1 saturated heterocycles. The summed E-state index contributed by atoms with van der Waals surface area (Å²) < 4.78 is 54.8. The van der Waals surface area contributed by atoms with Crippen molar-refractivity contribution in [3.63, 3.8) is 0 Å². The quantitative estimate of drug-likeness (QED) is 0.0496. The topological polar surface area (TPSA) is 178 Å². The fraction of sp³-hybridized carbons (Fsp3) is 0.600. The van der Waals surface area contributed by atoms with Crippen LogP contribution in [0.25, 0.3) is 5.65 Å². The second kappa shape index (κ2) is 17.7. The first-order chi connectivity index (χ1) is 25.6. The molecule has 54 heavy (non-hydrogen) atoms. The molecule has 3 aromatic rings. The number of piperidine rings is 1. The number of likely N-dealkylation sites (tertiary alicyclic amines) is 1. The number of aryl methyl sites for hydroxylation is 1. The number of aromatic nitrogens is 4. The zero-order chi connectivity index (χ0) is 39.0. The highest BCUT2D eigenvalue weighted by Crippen LogP contribution is 2.40. The van der Waals surface area contributed by atoms with E-state index in [4.69, 9.17) is 14.6 Å². The Balaban J connectivity index is 1.19. The van der Waals surface area contributed by atoms with Crippen LogP contribution in [-0.2, 0) is 16.0 Å². The first-order valence-electron chi connectivity index (χ1n) is 17.8. The highest BCUT2D eigenvalue weighted by molar-refractivity contribution is 8.00. The molecular formula is C35H45F3N8O7S. The minimum absolute atomic E-state index is 0.0123. The van der Waals surface area contributed by atoms with Gasteiger partial charge >= 0.3 is 23.4 Å². The second-order valence-corrected chi connectivity index (χ2v) is 15.3. The number of carbonyl (C=O) groups excluding carboxylic acids is 1. The van der Waals surface area contributed by atoms with Gasteiger partial charge in [0.1, 0.15) is 22.9 Å². The first-order valence-corrected chi connectivity index (χ1v) is 18.7. The fourth-order valence-electron chi connectivity index (χ4n) is 6.38. The van der Waals surface area contributed by atoms with E-state index in [-0.39, 0.29) is 47.5 Å². The van der Waals surface area contributed by atoms with Crippen LogP contribution in [0.5, 0.6) is 0 Å². The maximum Gasteiger partial charge on any atom is 0.447 e. The number of alkyl carbamates (subject to hydrolysis) is 1. The van der Waals surface area contributed by atoms with Gasteiger partial charge in [-0.15, -0.1) is 4.68 Å². The zero-order valence-electron chi connectivity index (χ0n) is 30.4. The lowest BCUT2D eigenvalue weighted by atomic mass is 9.89. The SMILES string of the molecule is CC(C)(C)OC(=O)NCC#Cc1nc2c(N[C@H]3CCN(C4CC4)C[C@@H]3CCOCCCCCn3ncc(C(=O)O)c3[N+](=O)[O-])cccn2c1SC(F)(F)F. The van der Waals surface area contributed by atoms with Crippen molar-refractivity contribution >= 4 is 41.0 Å². The first kappa shape index (κ1) is 40.6. The summed E-state index contributed by atoms with van der Waals surface area (Å²) in [5.74, 6) is 3.66. The number of thioether (sulfide) groups is 1. The molecule has 1 aliphatic heterocycles. The Morgan fingerprint density at radius 3 is 2.63 bits per heavy atom. The van der Waals surface area contributed by atoms with Crippen LogP contribution < -0.4 is 10.6 Å². The van der Waals surface area contributed by atoms with Crippen LogP contribution in [0.1, 0.15) is 81.8 Å². The fourth-order valence-corrected chi connectivity index (χ4v) is 7.04. The van der Waals surface area contributed by atoms with Crippen molar-refractivity contribution in [2.75, 3.05) is 38.2 Å². The van der Waals surface area contributed by atoms with E-state index in [2.05, 4.69) is 37.5 Å². The molecule has 4 heterocycles. The highest BCUT2D eigenvalue weighted by Gasteiger charge is 2.37. The third-order valence-electron chi connectivity index (χ3n) is 8.92. The number of carbonyl (C=O) groups is 2. The Kier molecular flexibility index (Phi) is 13.3. The molecule has 0 spiro atoms. The third kappa shape index (κ3) is 11.5. The molecule has 0 unspecified atom stereocenters. The molecule has 1 saturated carbocycles. The summed E-state index contributed by atoms with van der Waals surface area (Å²) in [6.07, 6.45) is 7.74. The van der Waals surface area contributed by atoms with Crippen molar-refractivity contribution in [2.45, 2.75) is 100 Å². The molecule has 2 fully saturated rings. The van der Waals surface area contributed by atoms with Gasteiger partial charge in [-0.3, -0.25) is 9.30 Å². The van der Waals surface area contributed by atoms with Gasteiger partial charge in [0.15, 0.2) is 11.2 Å². The summed E-state index contributed by atoms with van der Waals surface area (Å²) in [5, 5.41) is 30.3. The molecule has 0 radical (unpaired) electrons. The summed E-state index contributed by atoms with van der Waals surface area (Å²) >= 11 is -0.293. The normalized spacial score (nSPS) is 17.9. The number of carboxylic acids is 1. The number of anilines is 1. The van der Waals surface area contributed by atoms with Crippen LogP contribution >= 0.6 is 11.8 Å². The monoisotopic (exact) mass is 778 g/mol. The number of halogens is 3. The van der Waals surface area contributed by atoms with Gasteiger partial charge in [-0.05, 0) is 94.6 Å². The number of hydrogen-bond donors (Lipinski definition) is 3. The van der Waals surface area contributed by atoms with E-state index < -0.39 is 39.5 Å². The van der Waals surface area contributed by atoms with Gasteiger partial charge in [0.05, 0.1) is 18.4 Å². The van der Waals surface area contributed by atoms with E-state index >= 15 is 0 Å². The number of aromatic carboxylic acids is 1. The molecule has 19 heteroatoms. The van der Waals surface area contributed by atoms with E-state index in [1.807, 2.05) is 0 Å². The number of amides is 1. The number of nitrogens with zero attached hydrogens (tertiary/aromatic N) is 6. The molecule has 2 aliphatic rings. The number of unbranched alkanes of at least 4 members (excludes halogenated alkanes) is 2. The molecule has 294 valence electrons. The number of carboxylic acid groups (broad SMARTS) is 1. The van der Waals surface area contributed by atoms with Crippen LogP contribution in [0.2, 0.25) is 0 Å². The standard InChI is InChI=1S/C35H45F3N8O7S/c1-34(2,3)53-33(49)39-15-7-9-28-31(54-35(36,37)38)44-16-8-10-27(29(44)42-28)41-26-13-18-43(24-11-12-24)22-23(26)14-20-52-19-6-4-5-17-45-30(46(50)51)25(21-40-45)32(47)48/h8,10,16,21,23-24,26,41H,4-6,11-15,17-20,22H2,1-3H3,(H,39,49)(H,47,48)/t23-,26-/m0/s1. The number of imidazole rings is 1. The van der Waals surface area contributed by atoms with E-state index in [0.29, 0.717) is 49.9 Å². The Hall–Kier alpha value is -4.54. The van der Waals surface area contributed by atoms with Crippen LogP contribution in [0.4, 0.5) is 29.5 Å². The average molecular weight is 779 g/mol. The number of nitro groups is 1. The lowest BCUT2D eigenvalue weighted by Gasteiger charge is -2.39. The second-order valence-electron chi connectivity index (χ2n) is 14.2. The number of ether oxygens (including phenoxy) is 2. The molecule has 1 aliphatic carbocycles. The molecule has 1 amide bonds. The van der Waals surface area contributed by atoms with Crippen LogP contribution in [0, 0.1) is 27.9 Å². The van der Waals surface area contributed by atoms with Crippen LogP contribution in [0.3, 0.4) is 0 Å². The number of pyridine rings is 1. The smallest absolute Gasteiger partial charge is 0.447 e. The van der Waals surface area contributed by atoms with E-state index in [1.54, 1.807) is 32.9 Å². The summed E-state index contributed by atoms with van der Waals surface area (Å²) in [6, 6.07) is 4.06. The molecule has 15 nitrogen and oxygen atoms in total. The van der Waals surface area contributed by atoms with Crippen LogP contribution in [-0.4, -0.2) is 102 Å². The lowest BCUT2D eigenvalue weighted by Crippen LogP contribution is -2.47. The molecule has 5 rings (SSSR count). The number of rotatable bonds is 16. The van der Waals surface area contributed by atoms with Crippen molar-refractivity contribution < 1.29 is 42.3 Å². The minimum atomic E-state index is -4.59. The number of alkyl halides is 3. The minimum Gasteiger partial charge on any atom is -0.477 e. The Morgan fingerprint density at radius 2 is 1.94 bits per heavy atom. The van der Waals surface area contributed by atoms with E-state index in [9.17, 15) is 32.9 Å². The van der Waals surface area contributed by atoms with Gasteiger partial charge in [0.25, 0.3) is 0 Å². The predicted molar refractivity (Wildman–Crippen MR) is 193 cm³/mol. The maximum atomic E-state index is 13.7. The molecular weight excluding hydrogens is 733 g/mol. The van der Waals surface area contributed by atoms with Crippen molar-refractivity contribution in [2.24, 2.45) is 5.92 Å². The number of hydrogen-bond acceptors (Lipinski definition) is 11. The summed E-state index contributed by atoms with van der Waals surface area (Å²) in [4.78, 5) is 40.9. The van der Waals surface area contributed by atoms with Gasteiger partial charge in [0.2, 0.25) is 0 Å². The number of nitrogens with one attached hydrogen (secondary N) is 2. The van der Waals surface area contributed by atoms with Gasteiger partial charge in [-0.25, -0.2) is 14.6 Å². The Labute approximate surface area is 314 Å². The summed E-state index contributed by atoms with van der Waals surface area (Å²) in [7, 11) is 0. The molecule has 0 aromatic carbocycles. The van der Waals surface area contributed by atoms with Gasteiger partial charge < -0.3 is 35.3 Å². The summed E-state index contributed by atoms with van der Waals surface area (Å²) in [5.41, 5.74) is -4.89. The highest BCUT2D eigenvalue weighted by atomic mass is 32.2. The predicted octanol–water partition coefficient (Wildman–Crippen LogP) is 6.17. The molecule has 0 bridgehead atoms. The van der Waals surface area contributed by atoms with Crippen molar-refractivity contribution in [3.8, 4) is 11.8 Å². The van der Waals surface area contributed by atoms with E-state index in [0.717, 1.165) is 36.8 Å². The van der Waals surface area contributed by atoms with Crippen molar-refractivity contribution in [1.82, 2.24) is 29.4 Å². The molecule has 3 N–H and O–H groups in total. The average Bonchev–Trinajstić information content (AvgIpc) is 3.75. The molecule has 3 aromatic heterocycles. The van der Waals surface area contributed by atoms with Gasteiger partial charge in [-0.1, -0.05) is 11.0 Å². The van der Waals surface area contributed by atoms with Crippen molar-refractivity contribution in [1.29, 1.82) is 0 Å². The third-order valence-corrected chi connectivity index (χ3v) is 9.74.